The molecule has 6 nitrogen and oxygen atoms in total. The van der Waals surface area contributed by atoms with Gasteiger partial charge in [-0.2, -0.15) is 0 Å². The van der Waals surface area contributed by atoms with Gasteiger partial charge in [-0.25, -0.2) is 0 Å². The van der Waals surface area contributed by atoms with E-state index in [2.05, 4.69) is 0 Å². The summed E-state index contributed by atoms with van der Waals surface area (Å²) in [6.07, 6.45) is 3.64. The summed E-state index contributed by atoms with van der Waals surface area (Å²) in [7, 11) is 0. The molecule has 0 radical (unpaired) electrons. The van der Waals surface area contributed by atoms with Gasteiger partial charge in [-0.05, 0) is 48.9 Å². The summed E-state index contributed by atoms with van der Waals surface area (Å²) >= 11 is 0. The molecule has 6 heteroatoms. The first-order chi connectivity index (χ1) is 11.4. The second-order valence-electron chi connectivity index (χ2n) is 6.18. The number of aryl methyl sites for hydroxylation is 2. The molecule has 0 saturated heterocycles. The predicted molar refractivity (Wildman–Crippen MR) is 83.1 cm³/mol. The first-order valence-corrected chi connectivity index (χ1v) is 7.66. The molecule has 0 atom stereocenters. The minimum absolute atomic E-state index is 0.146. The molecule has 0 aromatic heterocycles. The Morgan fingerprint density at radius 3 is 1.38 bits per heavy atom. The van der Waals surface area contributed by atoms with Crippen LogP contribution in [-0.4, -0.2) is 32.0 Å². The molecular weight excluding hydrogens is 312 g/mol. The molecule has 4 N–H and O–H groups in total. The van der Waals surface area contributed by atoms with Crippen LogP contribution in [0.2, 0.25) is 0 Å². The fourth-order valence-corrected chi connectivity index (χ4v) is 3.57. The van der Waals surface area contributed by atoms with Gasteiger partial charge in [0.05, 0.1) is 11.1 Å². The standard InChI is InChI=1S/C18H14O6/c19-13-9-5-7-3-1-2-4-8(7)6-10(9)14(20)12-11(13)15(21)17(23)18(24)16(12)22/h5-6,21-24H,1-4H2. The van der Waals surface area contributed by atoms with Crippen LogP contribution in [0.15, 0.2) is 12.1 Å². The number of benzene rings is 2. The number of hydrogen-bond donors (Lipinski definition) is 4. The van der Waals surface area contributed by atoms with Crippen LogP contribution in [-0.2, 0) is 12.8 Å². The first-order valence-electron chi connectivity index (χ1n) is 7.66. The van der Waals surface area contributed by atoms with E-state index in [0.29, 0.717) is 0 Å². The number of carbonyl (C=O) groups excluding carboxylic acids is 2. The van der Waals surface area contributed by atoms with Gasteiger partial charge < -0.3 is 20.4 Å². The number of hydrogen-bond acceptors (Lipinski definition) is 6. The quantitative estimate of drug-likeness (QED) is 0.372. The Morgan fingerprint density at radius 2 is 1.00 bits per heavy atom. The Morgan fingerprint density at radius 1 is 0.625 bits per heavy atom. The van der Waals surface area contributed by atoms with Gasteiger partial charge >= 0.3 is 0 Å². The van der Waals surface area contributed by atoms with Crippen molar-refractivity contribution in [3.63, 3.8) is 0 Å². The molecule has 2 aromatic carbocycles. The van der Waals surface area contributed by atoms with Crippen LogP contribution in [0.5, 0.6) is 23.0 Å². The van der Waals surface area contributed by atoms with E-state index in [1.165, 1.54) is 0 Å². The lowest BCUT2D eigenvalue weighted by molar-refractivity contribution is 0.0972. The van der Waals surface area contributed by atoms with E-state index < -0.39 is 45.7 Å². The Hall–Kier alpha value is -3.02. The Labute approximate surface area is 136 Å². The number of ketones is 2. The molecule has 0 fully saturated rings. The highest BCUT2D eigenvalue weighted by Gasteiger charge is 2.38. The van der Waals surface area contributed by atoms with E-state index in [9.17, 15) is 30.0 Å². The summed E-state index contributed by atoms with van der Waals surface area (Å²) in [4.78, 5) is 25.5. The molecule has 24 heavy (non-hydrogen) atoms. The fourth-order valence-electron chi connectivity index (χ4n) is 3.57. The summed E-state index contributed by atoms with van der Waals surface area (Å²) in [6, 6.07) is 3.32. The van der Waals surface area contributed by atoms with Crippen LogP contribution in [0.4, 0.5) is 0 Å². The SMILES string of the molecule is O=C1c2cc3c(cc2C(=O)c2c(O)c(O)c(O)c(O)c21)CCCC3. The highest BCUT2D eigenvalue weighted by molar-refractivity contribution is 6.31. The summed E-state index contributed by atoms with van der Waals surface area (Å²) in [5.41, 5.74) is 1.33. The van der Waals surface area contributed by atoms with Crippen LogP contribution in [0.25, 0.3) is 0 Å². The van der Waals surface area contributed by atoms with Gasteiger partial charge in [0.1, 0.15) is 0 Å². The molecule has 0 amide bonds. The predicted octanol–water partition coefficient (Wildman–Crippen LogP) is 2.16. The zero-order chi connectivity index (χ0) is 17.2. The zero-order valence-corrected chi connectivity index (χ0v) is 12.6. The number of fused-ring (bicyclic) bond motifs is 3. The topological polar surface area (TPSA) is 115 Å². The third kappa shape index (κ3) is 1.71. The van der Waals surface area contributed by atoms with Crippen molar-refractivity contribution in [3.05, 3.63) is 45.5 Å². The number of aromatic hydroxyl groups is 4. The van der Waals surface area contributed by atoms with Crippen molar-refractivity contribution in [1.29, 1.82) is 0 Å². The molecule has 0 spiro atoms. The average molecular weight is 326 g/mol. The van der Waals surface area contributed by atoms with E-state index >= 15 is 0 Å². The summed E-state index contributed by atoms with van der Waals surface area (Å²) < 4.78 is 0. The zero-order valence-electron chi connectivity index (χ0n) is 12.6. The number of phenolic OH excluding ortho intramolecular Hbond substituents is 4. The van der Waals surface area contributed by atoms with Crippen molar-refractivity contribution >= 4 is 11.6 Å². The highest BCUT2D eigenvalue weighted by Crippen LogP contribution is 2.50. The minimum atomic E-state index is -1.02. The summed E-state index contributed by atoms with van der Waals surface area (Å²) in [6.45, 7) is 0. The third-order valence-electron chi connectivity index (χ3n) is 4.82. The third-order valence-corrected chi connectivity index (χ3v) is 4.82. The number of carbonyl (C=O) groups is 2. The first kappa shape index (κ1) is 14.6. The van der Waals surface area contributed by atoms with Crippen LogP contribution in [0.1, 0.15) is 55.8 Å². The molecule has 122 valence electrons. The highest BCUT2D eigenvalue weighted by atomic mass is 16.3. The van der Waals surface area contributed by atoms with Crippen LogP contribution in [0, 0.1) is 0 Å². The van der Waals surface area contributed by atoms with Gasteiger partial charge in [-0.3, -0.25) is 9.59 Å². The number of rotatable bonds is 0. The van der Waals surface area contributed by atoms with Crippen molar-refractivity contribution in [1.82, 2.24) is 0 Å². The molecule has 0 heterocycles. The summed E-state index contributed by atoms with van der Waals surface area (Å²) in [5.74, 6) is -5.15. The van der Waals surface area contributed by atoms with Crippen molar-refractivity contribution in [2.75, 3.05) is 0 Å². The average Bonchev–Trinajstić information content (AvgIpc) is 2.59. The maximum absolute atomic E-state index is 12.8. The molecule has 2 aromatic rings. The van der Waals surface area contributed by atoms with Crippen molar-refractivity contribution in [2.24, 2.45) is 0 Å². The molecule has 2 aliphatic carbocycles. The molecule has 0 bridgehead atoms. The Kier molecular flexibility index (Phi) is 2.87. The van der Waals surface area contributed by atoms with Gasteiger partial charge in [0.25, 0.3) is 0 Å². The molecular formula is C18H14O6. The molecule has 4 rings (SSSR count). The minimum Gasteiger partial charge on any atom is -0.504 e. The lowest BCUT2D eigenvalue weighted by Gasteiger charge is -2.24. The lowest BCUT2D eigenvalue weighted by atomic mass is 9.78. The van der Waals surface area contributed by atoms with Gasteiger partial charge in [0.15, 0.2) is 23.1 Å². The molecule has 0 unspecified atom stereocenters. The van der Waals surface area contributed by atoms with Crippen LogP contribution < -0.4 is 0 Å². The second kappa shape index (κ2) is 4.74. The van der Waals surface area contributed by atoms with E-state index in [1.54, 1.807) is 12.1 Å². The monoisotopic (exact) mass is 326 g/mol. The van der Waals surface area contributed by atoms with Crippen molar-refractivity contribution in [2.45, 2.75) is 25.7 Å². The lowest BCUT2D eigenvalue weighted by Crippen LogP contribution is -2.23. The van der Waals surface area contributed by atoms with Gasteiger partial charge in [-0.1, -0.05) is 0 Å². The van der Waals surface area contributed by atoms with E-state index in [4.69, 9.17) is 0 Å². The maximum Gasteiger partial charge on any atom is 0.205 e. The van der Waals surface area contributed by atoms with Crippen molar-refractivity contribution in [3.8, 4) is 23.0 Å². The second-order valence-corrected chi connectivity index (χ2v) is 6.18. The smallest absolute Gasteiger partial charge is 0.205 e. The van der Waals surface area contributed by atoms with Gasteiger partial charge in [-0.15, -0.1) is 0 Å². The fraction of sp³-hybridized carbons (Fsp3) is 0.222. The van der Waals surface area contributed by atoms with Crippen LogP contribution >= 0.6 is 0 Å². The van der Waals surface area contributed by atoms with Crippen molar-refractivity contribution < 1.29 is 30.0 Å². The molecule has 2 aliphatic rings. The van der Waals surface area contributed by atoms with E-state index in [0.717, 1.165) is 36.8 Å². The van der Waals surface area contributed by atoms with E-state index in [1.807, 2.05) is 0 Å². The number of phenols is 4. The van der Waals surface area contributed by atoms with Crippen LogP contribution in [0.3, 0.4) is 0 Å². The Bertz CT molecular complexity index is 866. The molecule has 0 aliphatic heterocycles. The summed E-state index contributed by atoms with van der Waals surface area (Å²) in [5, 5.41) is 39.3. The largest absolute Gasteiger partial charge is 0.504 e. The Balaban J connectivity index is 2.04. The van der Waals surface area contributed by atoms with Gasteiger partial charge in [0.2, 0.25) is 11.5 Å². The van der Waals surface area contributed by atoms with E-state index in [-0.39, 0.29) is 11.1 Å². The maximum atomic E-state index is 12.8. The molecule has 0 saturated carbocycles. The van der Waals surface area contributed by atoms with Gasteiger partial charge in [0, 0.05) is 11.1 Å². The normalized spacial score (nSPS) is 15.7.